The average Bonchev–Trinajstić information content (AvgIpc) is 3.88. The molecule has 0 radical (unpaired) electrons. The van der Waals surface area contributed by atoms with Gasteiger partial charge >= 0.3 is 0 Å². The van der Waals surface area contributed by atoms with Gasteiger partial charge in [-0.15, -0.1) is 0 Å². The number of fused-ring (bicyclic) bond motifs is 7. The predicted molar refractivity (Wildman–Crippen MR) is 258 cm³/mol. The van der Waals surface area contributed by atoms with E-state index in [0.29, 0.717) is 5.82 Å². The van der Waals surface area contributed by atoms with E-state index in [1.54, 1.807) is 0 Å². The first-order valence-electron chi connectivity index (χ1n) is 21.1. The van der Waals surface area contributed by atoms with Crippen molar-refractivity contribution in [1.82, 2.24) is 19.1 Å². The maximum Gasteiger partial charge on any atom is 0.160 e. The Balaban J connectivity index is 1.02. The van der Waals surface area contributed by atoms with E-state index >= 15 is 0 Å². The molecule has 0 aliphatic carbocycles. The lowest BCUT2D eigenvalue weighted by Gasteiger charge is -2.13. The van der Waals surface area contributed by atoms with Crippen molar-refractivity contribution in [2.75, 3.05) is 0 Å². The molecule has 62 heavy (non-hydrogen) atoms. The summed E-state index contributed by atoms with van der Waals surface area (Å²) in [6.07, 6.45) is 0. The quantitative estimate of drug-likeness (QED) is 0.161. The first-order chi connectivity index (χ1) is 30.7. The van der Waals surface area contributed by atoms with Crippen LogP contribution < -0.4 is 0 Å². The Morgan fingerprint density at radius 1 is 0.258 bits per heavy atom. The van der Waals surface area contributed by atoms with Crippen LogP contribution in [0.25, 0.3) is 111 Å². The Kier molecular flexibility index (Phi) is 8.46. The third kappa shape index (κ3) is 6.00. The SMILES string of the molecule is c1ccc(-c2ccc(-c3cc(-c4ccc(-n5c6ccccc6c6ccc7c8ccccc8n(-c8ccccc8)c7c65)cc4)nc(-c4ccc(-c5ccccc5)cc4)n3)cc2)cc1. The highest BCUT2D eigenvalue weighted by Gasteiger charge is 2.21. The van der Waals surface area contributed by atoms with Gasteiger partial charge in [-0.2, -0.15) is 0 Å². The maximum absolute atomic E-state index is 5.25. The van der Waals surface area contributed by atoms with Crippen LogP contribution in [-0.4, -0.2) is 19.1 Å². The molecule has 12 rings (SSSR count). The molecular formula is C58H38N4. The summed E-state index contributed by atoms with van der Waals surface area (Å²) in [5, 5.41) is 4.91. The molecule has 0 spiro atoms. The van der Waals surface area contributed by atoms with Crippen molar-refractivity contribution < 1.29 is 0 Å². The molecule has 0 bridgehead atoms. The minimum absolute atomic E-state index is 0.687. The molecule has 0 N–H and O–H groups in total. The second kappa shape index (κ2) is 14.7. The summed E-state index contributed by atoms with van der Waals surface area (Å²) in [4.78, 5) is 10.4. The van der Waals surface area contributed by atoms with Gasteiger partial charge in [0.15, 0.2) is 5.82 Å². The summed E-state index contributed by atoms with van der Waals surface area (Å²) in [7, 11) is 0. The highest BCUT2D eigenvalue weighted by molar-refractivity contribution is 6.23. The number of hydrogen-bond donors (Lipinski definition) is 0. The summed E-state index contributed by atoms with van der Waals surface area (Å²) < 4.78 is 4.87. The molecule has 4 heteroatoms. The van der Waals surface area contributed by atoms with E-state index < -0.39 is 0 Å². The van der Waals surface area contributed by atoms with Crippen molar-refractivity contribution in [2.45, 2.75) is 0 Å². The zero-order chi connectivity index (χ0) is 41.0. The Hall–Kier alpha value is -8.34. The van der Waals surface area contributed by atoms with Crippen LogP contribution in [0.2, 0.25) is 0 Å². The first kappa shape index (κ1) is 35.6. The van der Waals surface area contributed by atoms with E-state index in [4.69, 9.17) is 9.97 Å². The molecular weight excluding hydrogens is 753 g/mol. The van der Waals surface area contributed by atoms with Crippen LogP contribution in [0.15, 0.2) is 231 Å². The number of nitrogens with zero attached hydrogens (tertiary/aromatic N) is 4. The minimum atomic E-state index is 0.687. The number of hydrogen-bond acceptors (Lipinski definition) is 2. The third-order valence-corrected chi connectivity index (χ3v) is 12.2. The number of aromatic nitrogens is 4. The summed E-state index contributed by atoms with van der Waals surface area (Å²) in [6.45, 7) is 0. The van der Waals surface area contributed by atoms with Gasteiger partial charge in [-0.25, -0.2) is 9.97 Å². The van der Waals surface area contributed by atoms with Crippen LogP contribution in [-0.2, 0) is 0 Å². The minimum Gasteiger partial charge on any atom is -0.307 e. The second-order valence-electron chi connectivity index (χ2n) is 15.8. The Morgan fingerprint density at radius 2 is 0.613 bits per heavy atom. The zero-order valence-corrected chi connectivity index (χ0v) is 33.7. The van der Waals surface area contributed by atoms with Gasteiger partial charge in [-0.1, -0.05) is 188 Å². The Bertz CT molecular complexity index is 3470. The second-order valence-corrected chi connectivity index (χ2v) is 15.8. The maximum atomic E-state index is 5.25. The van der Waals surface area contributed by atoms with Crippen LogP contribution in [0.1, 0.15) is 0 Å². The standard InChI is InChI=1S/C58H38N4/c1-4-14-39(15-5-1)41-24-28-43(29-25-41)52-38-53(60-58(59-52)45-30-26-42(27-31-45)40-16-6-2-7-17-40)44-32-34-47(35-33-44)62-55-23-13-11-21-49(55)51-37-36-50-48-20-10-12-22-54(48)61(56(50)57(51)62)46-18-8-3-9-19-46/h1-38H. The van der Waals surface area contributed by atoms with E-state index in [0.717, 1.165) is 50.5 Å². The van der Waals surface area contributed by atoms with Crippen molar-refractivity contribution >= 4 is 43.6 Å². The van der Waals surface area contributed by atoms with Gasteiger partial charge in [-0.3, -0.25) is 0 Å². The monoisotopic (exact) mass is 790 g/mol. The number of para-hydroxylation sites is 3. The van der Waals surface area contributed by atoms with Crippen LogP contribution in [0.5, 0.6) is 0 Å². The lowest BCUT2D eigenvalue weighted by atomic mass is 10.0. The largest absolute Gasteiger partial charge is 0.307 e. The molecule has 0 saturated heterocycles. The van der Waals surface area contributed by atoms with Crippen LogP contribution in [0.3, 0.4) is 0 Å². The Morgan fingerprint density at radius 3 is 1.10 bits per heavy atom. The summed E-state index contributed by atoms with van der Waals surface area (Å²) in [5.41, 5.74) is 16.4. The molecule has 12 aromatic rings. The van der Waals surface area contributed by atoms with Gasteiger partial charge in [0.2, 0.25) is 0 Å². The first-order valence-corrected chi connectivity index (χ1v) is 21.1. The smallest absolute Gasteiger partial charge is 0.160 e. The van der Waals surface area contributed by atoms with E-state index in [2.05, 4.69) is 228 Å². The van der Waals surface area contributed by atoms with E-state index in [-0.39, 0.29) is 0 Å². The van der Waals surface area contributed by atoms with Gasteiger partial charge < -0.3 is 9.13 Å². The van der Waals surface area contributed by atoms with Gasteiger partial charge in [0.25, 0.3) is 0 Å². The topological polar surface area (TPSA) is 35.6 Å². The van der Waals surface area contributed by atoms with Crippen LogP contribution >= 0.6 is 0 Å². The predicted octanol–water partition coefficient (Wildman–Crippen LogP) is 15.0. The molecule has 0 atom stereocenters. The third-order valence-electron chi connectivity index (χ3n) is 12.2. The number of benzene rings is 9. The zero-order valence-electron chi connectivity index (χ0n) is 33.7. The fourth-order valence-corrected chi connectivity index (χ4v) is 9.17. The average molecular weight is 791 g/mol. The van der Waals surface area contributed by atoms with Gasteiger partial charge in [0.1, 0.15) is 0 Å². The van der Waals surface area contributed by atoms with E-state index in [9.17, 15) is 0 Å². The molecule has 290 valence electrons. The lowest BCUT2D eigenvalue weighted by molar-refractivity contribution is 1.15. The molecule has 0 aliphatic heterocycles. The molecule has 0 aliphatic rings. The van der Waals surface area contributed by atoms with Gasteiger partial charge in [-0.05, 0) is 64.7 Å². The fraction of sp³-hybridized carbons (Fsp3) is 0. The highest BCUT2D eigenvalue weighted by atomic mass is 15.0. The molecule has 0 unspecified atom stereocenters. The molecule has 9 aromatic carbocycles. The fourth-order valence-electron chi connectivity index (χ4n) is 9.17. The molecule has 3 heterocycles. The van der Waals surface area contributed by atoms with Crippen molar-refractivity contribution in [2.24, 2.45) is 0 Å². The van der Waals surface area contributed by atoms with Gasteiger partial charge in [0.05, 0.1) is 33.5 Å². The molecule has 0 amide bonds. The lowest BCUT2D eigenvalue weighted by Crippen LogP contribution is -1.99. The van der Waals surface area contributed by atoms with Crippen molar-refractivity contribution in [1.29, 1.82) is 0 Å². The highest BCUT2D eigenvalue weighted by Crippen LogP contribution is 2.42. The van der Waals surface area contributed by atoms with Gasteiger partial charge in [0, 0.05) is 49.6 Å². The van der Waals surface area contributed by atoms with E-state index in [1.165, 1.54) is 54.8 Å². The van der Waals surface area contributed by atoms with Crippen molar-refractivity contribution in [3.63, 3.8) is 0 Å². The normalized spacial score (nSPS) is 11.5. The summed E-state index contributed by atoms with van der Waals surface area (Å²) in [5.74, 6) is 0.687. The van der Waals surface area contributed by atoms with Crippen molar-refractivity contribution in [3.8, 4) is 67.5 Å². The Labute approximate surface area is 359 Å². The molecule has 4 nitrogen and oxygen atoms in total. The number of rotatable bonds is 7. The molecule has 3 aromatic heterocycles. The summed E-state index contributed by atoms with van der Waals surface area (Å²) >= 11 is 0. The molecule has 0 fully saturated rings. The van der Waals surface area contributed by atoms with Crippen molar-refractivity contribution in [3.05, 3.63) is 231 Å². The van der Waals surface area contributed by atoms with Crippen LogP contribution in [0, 0.1) is 0 Å². The van der Waals surface area contributed by atoms with E-state index in [1.807, 2.05) is 12.1 Å². The van der Waals surface area contributed by atoms with Crippen LogP contribution in [0.4, 0.5) is 0 Å². The summed E-state index contributed by atoms with van der Waals surface area (Å²) in [6, 6.07) is 82.0. The molecule has 0 saturated carbocycles.